The largest absolute Gasteiger partial charge is 0.468 e. The van der Waals surface area contributed by atoms with Crippen LogP contribution in [0.4, 0.5) is 0 Å². The van der Waals surface area contributed by atoms with Gasteiger partial charge in [0.25, 0.3) is 5.56 Å². The van der Waals surface area contributed by atoms with Crippen LogP contribution in [0.5, 0.6) is 0 Å². The van der Waals surface area contributed by atoms with Gasteiger partial charge in [-0.25, -0.2) is 13.2 Å². The first-order valence-corrected chi connectivity index (χ1v) is 12.1. The Morgan fingerprint density at radius 3 is 2.50 bits per heavy atom. The molecule has 0 saturated carbocycles. The highest BCUT2D eigenvalue weighted by atomic mass is 32.2. The summed E-state index contributed by atoms with van der Waals surface area (Å²) in [4.78, 5) is 27.5. The summed E-state index contributed by atoms with van der Waals surface area (Å²) < 4.78 is 38.6. The standard InChI is InChI=1S/C25H24N2O6S/c1-3-32-25(29)18-7-9-22(10-8-18)34(30,31)27(16-21-5-4-12-33-21)15-20-14-19-13-17(2)6-11-23(19)26-24(20)28/h4-14H,3,15-16H2,1-2H3,(H,26,28). The minimum absolute atomic E-state index is 0.0137. The molecule has 8 nitrogen and oxygen atoms in total. The van der Waals surface area contributed by atoms with Gasteiger partial charge in [-0.1, -0.05) is 11.6 Å². The highest BCUT2D eigenvalue weighted by Crippen LogP contribution is 2.23. The normalized spacial score (nSPS) is 11.7. The van der Waals surface area contributed by atoms with Gasteiger partial charge in [0.1, 0.15) is 5.76 Å². The average Bonchev–Trinajstić information content (AvgIpc) is 3.33. The number of fused-ring (bicyclic) bond motifs is 1. The molecule has 4 aromatic rings. The third kappa shape index (κ3) is 4.95. The van der Waals surface area contributed by atoms with E-state index in [1.807, 2.05) is 25.1 Å². The van der Waals surface area contributed by atoms with E-state index in [-0.39, 0.29) is 35.7 Å². The van der Waals surface area contributed by atoms with Crippen molar-refractivity contribution in [2.24, 2.45) is 0 Å². The average molecular weight is 481 g/mol. The monoisotopic (exact) mass is 480 g/mol. The molecule has 1 N–H and O–H groups in total. The Kier molecular flexibility index (Phi) is 6.67. The van der Waals surface area contributed by atoms with Crippen LogP contribution in [0.2, 0.25) is 0 Å². The van der Waals surface area contributed by atoms with Crippen molar-refractivity contribution in [1.82, 2.24) is 9.29 Å². The maximum absolute atomic E-state index is 13.6. The second-order valence-corrected chi connectivity index (χ2v) is 9.75. The van der Waals surface area contributed by atoms with E-state index in [1.165, 1.54) is 34.8 Å². The van der Waals surface area contributed by atoms with Crippen LogP contribution >= 0.6 is 0 Å². The number of pyridine rings is 1. The van der Waals surface area contributed by atoms with E-state index in [4.69, 9.17) is 9.15 Å². The van der Waals surface area contributed by atoms with Gasteiger partial charge in [-0.15, -0.1) is 0 Å². The number of benzene rings is 2. The summed E-state index contributed by atoms with van der Waals surface area (Å²) in [5.41, 5.74) is 1.88. The fourth-order valence-corrected chi connectivity index (χ4v) is 4.99. The molecule has 0 bridgehead atoms. The number of nitrogens with one attached hydrogen (secondary N) is 1. The smallest absolute Gasteiger partial charge is 0.338 e. The van der Waals surface area contributed by atoms with E-state index in [9.17, 15) is 18.0 Å². The summed E-state index contributed by atoms with van der Waals surface area (Å²) in [7, 11) is -4.04. The van der Waals surface area contributed by atoms with Crippen LogP contribution in [0.3, 0.4) is 0 Å². The number of carbonyl (C=O) groups is 1. The molecule has 176 valence electrons. The number of sulfonamides is 1. The molecule has 34 heavy (non-hydrogen) atoms. The molecule has 2 heterocycles. The van der Waals surface area contributed by atoms with Gasteiger partial charge < -0.3 is 14.1 Å². The van der Waals surface area contributed by atoms with E-state index < -0.39 is 16.0 Å². The number of H-pyrrole nitrogens is 1. The number of aryl methyl sites for hydroxylation is 1. The molecule has 0 radical (unpaired) electrons. The fraction of sp³-hybridized carbons (Fsp3) is 0.200. The minimum Gasteiger partial charge on any atom is -0.468 e. The lowest BCUT2D eigenvalue weighted by atomic mass is 10.1. The molecular weight excluding hydrogens is 456 g/mol. The molecule has 0 aliphatic carbocycles. The third-order valence-electron chi connectivity index (χ3n) is 5.34. The summed E-state index contributed by atoms with van der Waals surface area (Å²) >= 11 is 0. The zero-order valence-corrected chi connectivity index (χ0v) is 19.6. The fourth-order valence-electron chi connectivity index (χ4n) is 3.61. The molecular formula is C25H24N2O6S. The van der Waals surface area contributed by atoms with Crippen LogP contribution in [0.15, 0.2) is 81.0 Å². The van der Waals surface area contributed by atoms with Gasteiger partial charge in [-0.05, 0) is 73.8 Å². The van der Waals surface area contributed by atoms with Crippen LogP contribution in [0, 0.1) is 6.92 Å². The maximum Gasteiger partial charge on any atom is 0.338 e. The number of rotatable bonds is 8. The van der Waals surface area contributed by atoms with Crippen molar-refractivity contribution < 1.29 is 22.4 Å². The highest BCUT2D eigenvalue weighted by molar-refractivity contribution is 7.89. The molecule has 0 amide bonds. The molecule has 4 rings (SSSR count). The van der Waals surface area contributed by atoms with Crippen molar-refractivity contribution in [3.8, 4) is 0 Å². The van der Waals surface area contributed by atoms with Crippen LogP contribution in [0.25, 0.3) is 10.9 Å². The molecule has 0 aliphatic heterocycles. The number of carbonyl (C=O) groups excluding carboxylic acids is 1. The number of furan rings is 1. The predicted molar refractivity (Wildman–Crippen MR) is 127 cm³/mol. The van der Waals surface area contributed by atoms with Crippen molar-refractivity contribution in [1.29, 1.82) is 0 Å². The van der Waals surface area contributed by atoms with Gasteiger partial charge in [0.2, 0.25) is 10.0 Å². The van der Waals surface area contributed by atoms with Gasteiger partial charge in [-0.3, -0.25) is 4.79 Å². The third-order valence-corrected chi connectivity index (χ3v) is 7.14. The SMILES string of the molecule is CCOC(=O)c1ccc(S(=O)(=O)N(Cc2ccco2)Cc2cc3cc(C)ccc3[nH]c2=O)cc1. The summed E-state index contributed by atoms with van der Waals surface area (Å²) in [6.07, 6.45) is 1.46. The molecule has 9 heteroatoms. The van der Waals surface area contributed by atoms with Crippen LogP contribution in [-0.4, -0.2) is 30.3 Å². The number of hydrogen-bond donors (Lipinski definition) is 1. The molecule has 0 atom stereocenters. The molecule has 2 aromatic carbocycles. The number of hydrogen-bond acceptors (Lipinski definition) is 6. The van der Waals surface area contributed by atoms with E-state index in [2.05, 4.69) is 4.98 Å². The van der Waals surface area contributed by atoms with Gasteiger partial charge in [0.15, 0.2) is 0 Å². The van der Waals surface area contributed by atoms with Gasteiger partial charge in [-0.2, -0.15) is 4.31 Å². The Balaban J connectivity index is 1.71. The highest BCUT2D eigenvalue weighted by Gasteiger charge is 2.27. The second kappa shape index (κ2) is 9.66. The quantitative estimate of drug-likeness (QED) is 0.382. The van der Waals surface area contributed by atoms with Gasteiger partial charge >= 0.3 is 5.97 Å². The summed E-state index contributed by atoms with van der Waals surface area (Å²) in [6.45, 7) is 3.62. The number of aromatic nitrogens is 1. The molecule has 0 fully saturated rings. The number of ether oxygens (including phenoxy) is 1. The predicted octanol–water partition coefficient (Wildman–Crippen LogP) is 4.00. The van der Waals surface area contributed by atoms with Crippen molar-refractivity contribution in [3.63, 3.8) is 0 Å². The molecule has 2 aromatic heterocycles. The number of nitrogens with zero attached hydrogens (tertiary/aromatic N) is 1. The Morgan fingerprint density at radius 1 is 1.06 bits per heavy atom. The Bertz CT molecular complexity index is 1470. The number of esters is 1. The molecule has 0 spiro atoms. The zero-order valence-electron chi connectivity index (χ0n) is 18.8. The lowest BCUT2D eigenvalue weighted by Crippen LogP contribution is -2.32. The molecule has 0 saturated heterocycles. The number of aromatic amines is 1. The first-order valence-electron chi connectivity index (χ1n) is 10.7. The summed E-state index contributed by atoms with van der Waals surface area (Å²) in [5.74, 6) is -0.100. The Hall–Kier alpha value is -3.69. The first kappa shape index (κ1) is 23.5. The van der Waals surface area contributed by atoms with Crippen LogP contribution in [0.1, 0.15) is 34.2 Å². The van der Waals surface area contributed by atoms with Crippen molar-refractivity contribution in [2.45, 2.75) is 31.8 Å². The van der Waals surface area contributed by atoms with Crippen LogP contribution < -0.4 is 5.56 Å². The van der Waals surface area contributed by atoms with Crippen molar-refractivity contribution in [3.05, 3.63) is 99.7 Å². The minimum atomic E-state index is -4.04. The van der Waals surface area contributed by atoms with Crippen molar-refractivity contribution in [2.75, 3.05) is 6.61 Å². The molecule has 0 aliphatic rings. The topological polar surface area (TPSA) is 110 Å². The maximum atomic E-state index is 13.6. The van der Waals surface area contributed by atoms with E-state index in [0.717, 1.165) is 10.9 Å². The van der Waals surface area contributed by atoms with Gasteiger partial charge in [0.05, 0.1) is 29.9 Å². The van der Waals surface area contributed by atoms with Gasteiger partial charge in [0, 0.05) is 17.6 Å². The molecule has 0 unspecified atom stereocenters. The van der Waals surface area contributed by atoms with E-state index >= 15 is 0 Å². The van der Waals surface area contributed by atoms with E-state index in [1.54, 1.807) is 25.1 Å². The lowest BCUT2D eigenvalue weighted by Gasteiger charge is -2.21. The Labute approximate surface area is 196 Å². The van der Waals surface area contributed by atoms with Crippen LogP contribution in [-0.2, 0) is 27.8 Å². The lowest BCUT2D eigenvalue weighted by molar-refractivity contribution is 0.0526. The Morgan fingerprint density at radius 2 is 1.82 bits per heavy atom. The van der Waals surface area contributed by atoms with Crippen molar-refractivity contribution >= 4 is 26.9 Å². The first-order chi connectivity index (χ1) is 16.3. The summed E-state index contributed by atoms with van der Waals surface area (Å²) in [5, 5.41) is 0.809. The zero-order chi connectivity index (χ0) is 24.3. The van der Waals surface area contributed by atoms with E-state index in [0.29, 0.717) is 16.8 Å². The second-order valence-electron chi connectivity index (χ2n) is 7.81. The summed E-state index contributed by atoms with van der Waals surface area (Å²) in [6, 6.07) is 16.2.